The zero-order chi connectivity index (χ0) is 18.0. The van der Waals surface area contributed by atoms with Crippen molar-refractivity contribution in [3.05, 3.63) is 82.3 Å². The van der Waals surface area contributed by atoms with E-state index < -0.39 is 0 Å². The quantitative estimate of drug-likeness (QED) is 0.566. The molecule has 0 spiro atoms. The smallest absolute Gasteiger partial charge is 0.255 e. The molecule has 0 aliphatic rings. The predicted octanol–water partition coefficient (Wildman–Crippen LogP) is 2.89. The van der Waals surface area contributed by atoms with E-state index in [1.54, 1.807) is 18.6 Å². The second-order valence-corrected chi connectivity index (χ2v) is 6.88. The topological polar surface area (TPSA) is 83.6 Å². The molecule has 0 radical (unpaired) electrons. The van der Waals surface area contributed by atoms with Gasteiger partial charge in [0.05, 0.1) is 5.69 Å². The summed E-state index contributed by atoms with van der Waals surface area (Å²) in [5.41, 5.74) is 2.61. The fourth-order valence-corrected chi connectivity index (χ4v) is 3.27. The van der Waals surface area contributed by atoms with Crippen LogP contribution in [0.15, 0.2) is 59.9 Å². The third-order valence-electron chi connectivity index (χ3n) is 3.72. The van der Waals surface area contributed by atoms with E-state index in [4.69, 9.17) is 0 Å². The van der Waals surface area contributed by atoms with E-state index in [-0.39, 0.29) is 5.56 Å². The Morgan fingerprint density at radius 1 is 1.08 bits per heavy atom. The van der Waals surface area contributed by atoms with Crippen molar-refractivity contribution in [1.29, 1.82) is 0 Å². The molecule has 0 unspecified atom stereocenters. The monoisotopic (exact) mass is 367 g/mol. The molecule has 26 heavy (non-hydrogen) atoms. The lowest BCUT2D eigenvalue weighted by atomic mass is 10.1. The van der Waals surface area contributed by atoms with Crippen molar-refractivity contribution < 1.29 is 0 Å². The molecule has 134 valence electrons. The lowest BCUT2D eigenvalue weighted by Gasteiger charge is -2.06. The molecule has 0 amide bonds. The number of rotatable bonds is 9. The van der Waals surface area contributed by atoms with E-state index in [1.165, 1.54) is 0 Å². The fraction of sp³-hybridized carbons (Fsp3) is 0.263. The number of aromatic amines is 1. The van der Waals surface area contributed by atoms with Gasteiger partial charge in [0, 0.05) is 49.1 Å². The molecule has 3 rings (SSSR count). The highest BCUT2D eigenvalue weighted by molar-refractivity contribution is 7.98. The largest absolute Gasteiger partial charge is 0.356 e. The Labute approximate surface area is 156 Å². The van der Waals surface area contributed by atoms with Crippen molar-refractivity contribution in [3.8, 4) is 0 Å². The van der Waals surface area contributed by atoms with Gasteiger partial charge in [-0.15, -0.1) is 0 Å². The summed E-state index contributed by atoms with van der Waals surface area (Å²) in [6, 6.07) is 9.77. The maximum atomic E-state index is 12.2. The van der Waals surface area contributed by atoms with Gasteiger partial charge in [0.15, 0.2) is 0 Å². The molecule has 2 N–H and O–H groups in total. The summed E-state index contributed by atoms with van der Waals surface area (Å²) in [5.74, 6) is 2.45. The van der Waals surface area contributed by atoms with Gasteiger partial charge in [-0.2, -0.15) is 11.8 Å². The van der Waals surface area contributed by atoms with Crippen molar-refractivity contribution in [2.24, 2.45) is 0 Å². The summed E-state index contributed by atoms with van der Waals surface area (Å²) in [6.07, 6.45) is 8.43. The molecule has 3 aromatic heterocycles. The maximum Gasteiger partial charge on any atom is 0.255 e. The van der Waals surface area contributed by atoms with Crippen LogP contribution in [-0.2, 0) is 12.2 Å². The van der Waals surface area contributed by atoms with Gasteiger partial charge in [0.2, 0.25) is 5.95 Å². The highest BCUT2D eigenvalue weighted by Gasteiger charge is 2.04. The lowest BCUT2D eigenvalue weighted by molar-refractivity contribution is 0.942. The van der Waals surface area contributed by atoms with Gasteiger partial charge >= 0.3 is 0 Å². The lowest BCUT2D eigenvalue weighted by Crippen LogP contribution is -2.17. The molecule has 0 aliphatic heterocycles. The Kier molecular flexibility index (Phi) is 6.78. The fourth-order valence-electron chi connectivity index (χ4n) is 2.40. The molecule has 7 heteroatoms. The molecule has 3 heterocycles. The molecule has 0 saturated carbocycles. The molecule has 0 atom stereocenters. The summed E-state index contributed by atoms with van der Waals surface area (Å²) < 4.78 is 0. The van der Waals surface area contributed by atoms with E-state index in [2.05, 4.69) is 25.3 Å². The number of anilines is 1. The van der Waals surface area contributed by atoms with Crippen LogP contribution in [0.25, 0.3) is 0 Å². The molecule has 0 aromatic carbocycles. The summed E-state index contributed by atoms with van der Waals surface area (Å²) in [4.78, 5) is 27.6. The van der Waals surface area contributed by atoms with Gasteiger partial charge in [-0.3, -0.25) is 19.7 Å². The molecule has 3 aromatic rings. The van der Waals surface area contributed by atoms with E-state index >= 15 is 0 Å². The molecule has 6 nitrogen and oxygen atoms in total. The maximum absolute atomic E-state index is 12.2. The number of nitrogens with zero attached hydrogens (tertiary/aromatic N) is 3. The van der Waals surface area contributed by atoms with Gasteiger partial charge in [-0.25, -0.2) is 4.98 Å². The number of pyridine rings is 2. The van der Waals surface area contributed by atoms with Crippen LogP contribution < -0.4 is 10.9 Å². The first-order valence-corrected chi connectivity index (χ1v) is 9.65. The summed E-state index contributed by atoms with van der Waals surface area (Å²) in [5, 5.41) is 3.17. The van der Waals surface area contributed by atoms with Gasteiger partial charge in [-0.05, 0) is 35.9 Å². The number of H-pyrrole nitrogens is 1. The Balaban J connectivity index is 1.40. The van der Waals surface area contributed by atoms with Crippen molar-refractivity contribution in [2.75, 3.05) is 17.6 Å². The second kappa shape index (κ2) is 9.72. The zero-order valence-electron chi connectivity index (χ0n) is 14.4. The minimum absolute atomic E-state index is 0.115. The van der Waals surface area contributed by atoms with Gasteiger partial charge < -0.3 is 5.32 Å². The Hall–Kier alpha value is -2.67. The Morgan fingerprint density at radius 2 is 2.04 bits per heavy atom. The second-order valence-electron chi connectivity index (χ2n) is 5.78. The first-order chi connectivity index (χ1) is 12.8. The van der Waals surface area contributed by atoms with Crippen LogP contribution in [0.1, 0.15) is 23.2 Å². The number of hydrogen-bond acceptors (Lipinski definition) is 6. The Morgan fingerprint density at radius 3 is 2.81 bits per heavy atom. The van der Waals surface area contributed by atoms with Gasteiger partial charge in [0.1, 0.15) is 0 Å². The third kappa shape index (κ3) is 5.70. The number of hydrogen-bond donors (Lipinski definition) is 2. The van der Waals surface area contributed by atoms with E-state index in [0.717, 1.165) is 35.7 Å². The van der Waals surface area contributed by atoms with E-state index in [0.29, 0.717) is 17.9 Å². The van der Waals surface area contributed by atoms with Crippen molar-refractivity contribution in [2.45, 2.75) is 18.6 Å². The van der Waals surface area contributed by atoms with E-state index in [1.807, 2.05) is 48.3 Å². The Bertz CT molecular complexity index is 855. The minimum atomic E-state index is -0.115. The van der Waals surface area contributed by atoms with Crippen LogP contribution in [0.2, 0.25) is 0 Å². The average molecular weight is 367 g/mol. The number of nitrogens with one attached hydrogen (secondary N) is 2. The van der Waals surface area contributed by atoms with Crippen LogP contribution in [0.3, 0.4) is 0 Å². The first-order valence-electron chi connectivity index (χ1n) is 8.50. The standard InChI is InChI=1S/C19H21N5OS/c25-18-16(11-15-5-3-7-20-12-15)13-23-19(24-18)22-9-4-10-26-14-17-6-1-2-8-21-17/h1-3,5-8,12-13H,4,9-11,14H2,(H2,22,23,24,25). The predicted molar refractivity (Wildman–Crippen MR) is 105 cm³/mol. The van der Waals surface area contributed by atoms with E-state index in [9.17, 15) is 4.79 Å². The van der Waals surface area contributed by atoms with Crippen LogP contribution in [0, 0.1) is 0 Å². The SMILES string of the molecule is O=c1[nH]c(NCCCSCc2ccccn2)ncc1Cc1cccnc1. The number of aromatic nitrogens is 4. The highest BCUT2D eigenvalue weighted by atomic mass is 32.2. The normalized spacial score (nSPS) is 10.6. The molecule has 0 bridgehead atoms. The van der Waals surface area contributed by atoms with Crippen molar-refractivity contribution >= 4 is 17.7 Å². The molecular weight excluding hydrogens is 346 g/mol. The summed E-state index contributed by atoms with van der Waals surface area (Å²) in [6.45, 7) is 0.764. The molecule has 0 aliphatic carbocycles. The molecular formula is C19H21N5OS. The first kappa shape index (κ1) is 18.1. The summed E-state index contributed by atoms with van der Waals surface area (Å²) in [7, 11) is 0. The van der Waals surface area contributed by atoms with Crippen LogP contribution >= 0.6 is 11.8 Å². The highest BCUT2D eigenvalue weighted by Crippen LogP contribution is 2.10. The van der Waals surface area contributed by atoms with Crippen LogP contribution in [-0.4, -0.2) is 32.2 Å². The van der Waals surface area contributed by atoms with Gasteiger partial charge in [-0.1, -0.05) is 12.1 Å². The molecule has 0 saturated heterocycles. The minimum Gasteiger partial charge on any atom is -0.356 e. The van der Waals surface area contributed by atoms with Crippen LogP contribution in [0.5, 0.6) is 0 Å². The average Bonchev–Trinajstić information content (AvgIpc) is 2.68. The number of thioether (sulfide) groups is 1. The van der Waals surface area contributed by atoms with Crippen molar-refractivity contribution in [1.82, 2.24) is 19.9 Å². The zero-order valence-corrected chi connectivity index (χ0v) is 15.2. The summed E-state index contributed by atoms with van der Waals surface area (Å²) >= 11 is 1.85. The van der Waals surface area contributed by atoms with Crippen molar-refractivity contribution in [3.63, 3.8) is 0 Å². The van der Waals surface area contributed by atoms with Crippen LogP contribution in [0.4, 0.5) is 5.95 Å². The third-order valence-corrected chi connectivity index (χ3v) is 4.80. The van der Waals surface area contributed by atoms with Gasteiger partial charge in [0.25, 0.3) is 5.56 Å². The molecule has 0 fully saturated rings.